The maximum atomic E-state index is 12.8. The summed E-state index contributed by atoms with van der Waals surface area (Å²) in [6.45, 7) is 3.29. The van der Waals surface area contributed by atoms with Gasteiger partial charge < -0.3 is 14.8 Å². The van der Waals surface area contributed by atoms with Crippen LogP contribution in [0.5, 0.6) is 0 Å². The van der Waals surface area contributed by atoms with Gasteiger partial charge in [-0.15, -0.1) is 4.72 Å². The second-order valence-corrected chi connectivity index (χ2v) is 8.73. The van der Waals surface area contributed by atoms with E-state index in [0.717, 1.165) is 5.56 Å². The highest BCUT2D eigenvalue weighted by molar-refractivity contribution is 7.96. The van der Waals surface area contributed by atoms with Crippen LogP contribution in [0.25, 0.3) is 0 Å². The largest absolute Gasteiger partial charge is 0.593 e. The number of carbonyl (C=O) groups is 1. The maximum Gasteiger partial charge on any atom is 0.253 e. The highest BCUT2D eigenvalue weighted by atomic mass is 32.3. The van der Waals surface area contributed by atoms with Gasteiger partial charge in [0, 0.05) is 25.2 Å². The number of anilines is 1. The zero-order valence-electron chi connectivity index (χ0n) is 14.5. The average Bonchev–Trinajstić information content (AvgIpc) is 2.99. The first-order valence-electron chi connectivity index (χ1n) is 8.61. The van der Waals surface area contributed by atoms with Crippen LogP contribution in [0.1, 0.15) is 22.3 Å². The van der Waals surface area contributed by atoms with Crippen LogP contribution in [-0.4, -0.2) is 40.5 Å². The summed E-state index contributed by atoms with van der Waals surface area (Å²) in [4.78, 5) is 14.8. The second-order valence-electron chi connectivity index (χ2n) is 7.08. The number of amides is 1. The summed E-state index contributed by atoms with van der Waals surface area (Å²) in [6, 6.07) is 14.3. The first kappa shape index (κ1) is 17.2. The number of fused-ring (bicyclic) bond motifs is 1. The van der Waals surface area contributed by atoms with E-state index in [2.05, 4.69) is 10.0 Å². The molecule has 1 spiro atoms. The summed E-state index contributed by atoms with van der Waals surface area (Å²) >= 11 is 0. The monoisotopic (exact) mass is 371 g/mol. The van der Waals surface area contributed by atoms with Gasteiger partial charge in [-0.3, -0.25) is 4.79 Å². The Bertz CT molecular complexity index is 899. The normalized spacial score (nSPS) is 27.7. The standard InChI is InChI=1S/C19H21N3O3S/c1-14-6-8-15(9-7-14)18(23)22-11-10-19(13-22)12-20-16-4-2-3-5-17(16)26(24,25)21-19/h2-9H,10-13H2,1H3,(H2-,20,21,24,25). The molecule has 2 N–H and O–H groups in total. The number of nitrogens with one attached hydrogen (secondary N) is 2. The van der Waals surface area contributed by atoms with Gasteiger partial charge in [0.2, 0.25) is 0 Å². The van der Waals surface area contributed by atoms with Gasteiger partial charge in [-0.2, -0.15) is 0 Å². The van der Waals surface area contributed by atoms with Crippen LogP contribution >= 0.6 is 0 Å². The Morgan fingerprint density at radius 3 is 2.69 bits per heavy atom. The smallest absolute Gasteiger partial charge is 0.253 e. The molecular weight excluding hydrogens is 350 g/mol. The Balaban J connectivity index is 1.57. The van der Waals surface area contributed by atoms with Gasteiger partial charge in [-0.1, -0.05) is 34.0 Å². The van der Waals surface area contributed by atoms with Gasteiger partial charge in [-0.25, -0.2) is 0 Å². The fraction of sp³-hybridized carbons (Fsp3) is 0.316. The van der Waals surface area contributed by atoms with Gasteiger partial charge in [-0.05, 0) is 37.6 Å². The van der Waals surface area contributed by atoms with E-state index in [-0.39, 0.29) is 10.8 Å². The Hall–Kier alpha value is -2.22. The van der Waals surface area contributed by atoms with Crippen LogP contribution in [0.2, 0.25) is 0 Å². The van der Waals surface area contributed by atoms with Crippen LogP contribution in [0.15, 0.2) is 53.4 Å². The molecule has 0 radical (unpaired) electrons. The number of hydrogen-bond acceptors (Lipinski definition) is 4. The van der Waals surface area contributed by atoms with E-state index >= 15 is 0 Å². The molecule has 26 heavy (non-hydrogen) atoms. The van der Waals surface area contributed by atoms with Gasteiger partial charge in [0.1, 0.15) is 0 Å². The predicted octanol–water partition coefficient (Wildman–Crippen LogP) is 2.20. The molecule has 6 nitrogen and oxygen atoms in total. The molecule has 1 amide bonds. The third-order valence-electron chi connectivity index (χ3n) is 5.08. The minimum absolute atomic E-state index is 0.0668. The number of nitrogens with zero attached hydrogens (tertiary/aromatic N) is 1. The van der Waals surface area contributed by atoms with E-state index < -0.39 is 15.9 Å². The van der Waals surface area contributed by atoms with Crippen LogP contribution in [0, 0.1) is 6.92 Å². The first-order valence-corrected chi connectivity index (χ1v) is 10.1. The van der Waals surface area contributed by atoms with Crippen molar-refractivity contribution in [3.05, 3.63) is 59.7 Å². The SMILES string of the molecule is Cc1ccc(C(=O)N2CCC3(CNc4ccccc4[S+](=O)([O-])N3)C2)cc1. The molecule has 136 valence electrons. The molecule has 0 saturated carbocycles. The van der Waals surface area contributed by atoms with Crippen molar-refractivity contribution in [1.82, 2.24) is 9.62 Å². The molecule has 4 rings (SSSR count). The summed E-state index contributed by atoms with van der Waals surface area (Å²) in [6.07, 6.45) is 0.574. The summed E-state index contributed by atoms with van der Waals surface area (Å²) in [5.74, 6) is -0.0668. The molecule has 1 saturated heterocycles. The number of rotatable bonds is 1. The second kappa shape index (κ2) is 6.19. The van der Waals surface area contributed by atoms with Crippen molar-refractivity contribution in [3.8, 4) is 0 Å². The van der Waals surface area contributed by atoms with Gasteiger partial charge in [0.05, 0.1) is 11.2 Å². The molecule has 2 heterocycles. The quantitative estimate of drug-likeness (QED) is 0.753. The molecule has 0 aromatic heterocycles. The zero-order valence-corrected chi connectivity index (χ0v) is 15.3. The fourth-order valence-electron chi connectivity index (χ4n) is 3.64. The number of sulfonamides is 1. The van der Waals surface area contributed by atoms with E-state index in [1.807, 2.05) is 31.2 Å². The predicted molar refractivity (Wildman–Crippen MR) is 99.6 cm³/mol. The first-order chi connectivity index (χ1) is 12.4. The third-order valence-corrected chi connectivity index (χ3v) is 6.72. The lowest BCUT2D eigenvalue weighted by atomic mass is 10.00. The topological polar surface area (TPSA) is 84.5 Å². The molecule has 2 unspecified atom stereocenters. The van der Waals surface area contributed by atoms with E-state index in [4.69, 9.17) is 0 Å². The lowest BCUT2D eigenvalue weighted by Gasteiger charge is -2.29. The third kappa shape index (κ3) is 3.02. The average molecular weight is 371 g/mol. The molecule has 2 aromatic rings. The zero-order chi connectivity index (χ0) is 18.4. The Morgan fingerprint density at radius 2 is 1.92 bits per heavy atom. The summed E-state index contributed by atoms with van der Waals surface area (Å²) in [5.41, 5.74) is 1.62. The van der Waals surface area contributed by atoms with Crippen molar-refractivity contribution < 1.29 is 13.6 Å². The van der Waals surface area contributed by atoms with Crippen molar-refractivity contribution in [3.63, 3.8) is 0 Å². The van der Waals surface area contributed by atoms with Crippen molar-refractivity contribution in [1.29, 1.82) is 0 Å². The van der Waals surface area contributed by atoms with Crippen LogP contribution < -0.4 is 10.0 Å². The van der Waals surface area contributed by atoms with Crippen molar-refractivity contribution in [2.45, 2.75) is 23.8 Å². The minimum Gasteiger partial charge on any atom is -0.593 e. The van der Waals surface area contributed by atoms with Crippen molar-refractivity contribution in [2.24, 2.45) is 0 Å². The van der Waals surface area contributed by atoms with Crippen molar-refractivity contribution >= 4 is 22.0 Å². The summed E-state index contributed by atoms with van der Waals surface area (Å²) in [5, 5.41) is 3.24. The van der Waals surface area contributed by atoms with Gasteiger partial charge in [0.15, 0.2) is 15.3 Å². The van der Waals surface area contributed by atoms with Gasteiger partial charge >= 0.3 is 0 Å². The molecule has 0 bridgehead atoms. The van der Waals surface area contributed by atoms with Crippen molar-refractivity contribution in [2.75, 3.05) is 25.0 Å². The number of benzene rings is 2. The molecule has 2 aliphatic heterocycles. The van der Waals surface area contributed by atoms with Gasteiger partial charge in [0.25, 0.3) is 5.91 Å². The molecule has 2 aliphatic rings. The Labute approximate surface area is 154 Å². The minimum atomic E-state index is -3.64. The van der Waals surface area contributed by atoms with E-state index in [1.54, 1.807) is 29.2 Å². The number of likely N-dealkylation sites (tertiary alicyclic amines) is 1. The lowest BCUT2D eigenvalue weighted by Crippen LogP contribution is -2.55. The Morgan fingerprint density at radius 1 is 1.19 bits per heavy atom. The number of aryl methyl sites for hydroxylation is 1. The maximum absolute atomic E-state index is 12.8. The van der Waals surface area contributed by atoms with E-state index in [1.165, 1.54) is 0 Å². The highest BCUT2D eigenvalue weighted by Crippen LogP contribution is 2.33. The van der Waals surface area contributed by atoms with E-state index in [0.29, 0.717) is 37.3 Å². The number of hydrogen-bond donors (Lipinski definition) is 2. The highest BCUT2D eigenvalue weighted by Gasteiger charge is 2.47. The Kier molecular flexibility index (Phi) is 4.10. The van der Waals surface area contributed by atoms with E-state index in [9.17, 15) is 13.6 Å². The molecule has 0 aliphatic carbocycles. The molecular formula is C19H21N3O3S. The van der Waals surface area contributed by atoms with Crippen LogP contribution in [0.4, 0.5) is 5.69 Å². The number of para-hydroxylation sites is 1. The van der Waals surface area contributed by atoms with Crippen LogP contribution in [-0.2, 0) is 14.6 Å². The summed E-state index contributed by atoms with van der Waals surface area (Å²) in [7, 11) is -3.64. The fourth-order valence-corrected chi connectivity index (χ4v) is 5.25. The summed E-state index contributed by atoms with van der Waals surface area (Å²) < 4.78 is 28.4. The molecule has 2 aromatic carbocycles. The molecule has 2 atom stereocenters. The molecule has 7 heteroatoms. The lowest BCUT2D eigenvalue weighted by molar-refractivity contribution is 0.0783. The van der Waals surface area contributed by atoms with Crippen LogP contribution in [0.3, 0.4) is 0 Å². The molecule has 1 fully saturated rings. The number of carbonyl (C=O) groups excluding carboxylic acids is 1.